The molecule has 5 rings (SSSR count). The number of fused-ring (bicyclic) bond motifs is 1. The van der Waals surface area contributed by atoms with Crippen LogP contribution >= 0.6 is 0 Å². The number of rotatable bonds is 7. The quantitative estimate of drug-likeness (QED) is 0.346. The van der Waals surface area contributed by atoms with Gasteiger partial charge in [0, 0.05) is 5.92 Å². The van der Waals surface area contributed by atoms with Gasteiger partial charge in [-0.2, -0.15) is 5.10 Å². The smallest absolute Gasteiger partial charge is 0.347 e. The van der Waals surface area contributed by atoms with Crippen molar-refractivity contribution in [3.63, 3.8) is 0 Å². The van der Waals surface area contributed by atoms with Crippen LogP contribution in [0.3, 0.4) is 0 Å². The van der Waals surface area contributed by atoms with Crippen molar-refractivity contribution in [2.24, 2.45) is 11.0 Å². The number of nitrogens with zero attached hydrogens (tertiary/aromatic N) is 2. The van der Waals surface area contributed by atoms with Crippen LogP contribution in [0.4, 0.5) is 8.78 Å². The maximum absolute atomic E-state index is 13.7. The highest BCUT2D eigenvalue weighted by Gasteiger charge is 2.44. The molecule has 0 saturated heterocycles. The predicted octanol–water partition coefficient (Wildman–Crippen LogP) is 6.10. The molecule has 0 N–H and O–H groups in total. The van der Waals surface area contributed by atoms with Gasteiger partial charge in [0.25, 0.3) is 5.91 Å². The number of esters is 1. The van der Waals surface area contributed by atoms with E-state index in [2.05, 4.69) is 0 Å². The van der Waals surface area contributed by atoms with E-state index in [1.54, 1.807) is 55.5 Å². The number of benzene rings is 3. The van der Waals surface area contributed by atoms with Gasteiger partial charge < -0.3 is 9.47 Å². The highest BCUT2D eigenvalue weighted by molar-refractivity contribution is 6.08. The summed E-state index contributed by atoms with van der Waals surface area (Å²) in [7, 11) is 0. The van der Waals surface area contributed by atoms with Crippen molar-refractivity contribution in [1.29, 1.82) is 0 Å². The molecule has 2 aliphatic rings. The number of carbonyl (C=O) groups excluding carboxylic acids is 2. The Balaban J connectivity index is 1.37. The van der Waals surface area contributed by atoms with Gasteiger partial charge in [0.2, 0.25) is 0 Å². The van der Waals surface area contributed by atoms with Crippen LogP contribution in [0, 0.1) is 17.6 Å². The second kappa shape index (κ2) is 11.6. The molecule has 0 aromatic heterocycles. The molecule has 200 valence electrons. The molecule has 39 heavy (non-hydrogen) atoms. The highest BCUT2D eigenvalue weighted by Crippen LogP contribution is 2.44. The average Bonchev–Trinajstić information content (AvgIpc) is 3.34. The topological polar surface area (TPSA) is 68.2 Å². The van der Waals surface area contributed by atoms with Crippen molar-refractivity contribution in [3.8, 4) is 5.75 Å². The second-order valence-corrected chi connectivity index (χ2v) is 9.62. The molecule has 0 spiro atoms. The van der Waals surface area contributed by atoms with Gasteiger partial charge in [-0.25, -0.2) is 18.6 Å². The Morgan fingerprint density at radius 1 is 1.00 bits per heavy atom. The summed E-state index contributed by atoms with van der Waals surface area (Å²) in [6.45, 7) is 1.04. The van der Waals surface area contributed by atoms with E-state index in [-0.39, 0.29) is 17.6 Å². The first kappa shape index (κ1) is 26.3. The largest absolute Gasteiger partial charge is 0.479 e. The number of hydrogen-bond donors (Lipinski definition) is 0. The summed E-state index contributed by atoms with van der Waals surface area (Å²) < 4.78 is 38.0. The van der Waals surface area contributed by atoms with E-state index >= 15 is 0 Å². The van der Waals surface area contributed by atoms with Crippen molar-refractivity contribution in [1.82, 2.24) is 5.01 Å². The first-order chi connectivity index (χ1) is 18.9. The predicted molar refractivity (Wildman–Crippen MR) is 143 cm³/mol. The number of allylic oxidation sites excluding steroid dienone is 1. The molecule has 1 heterocycles. The van der Waals surface area contributed by atoms with E-state index in [1.165, 1.54) is 29.3 Å². The number of carbonyl (C=O) groups is 2. The highest BCUT2D eigenvalue weighted by atomic mass is 19.1. The lowest BCUT2D eigenvalue weighted by molar-refractivity contribution is -0.158. The van der Waals surface area contributed by atoms with Crippen LogP contribution in [0.5, 0.6) is 5.75 Å². The Kier molecular flexibility index (Phi) is 7.81. The SMILES string of the molecule is CC(Oc1ccccc1)C(=O)OCC(=O)N1N=C2C(=Cc3ccc(F)cc3)CCCC2C1c1ccc(F)cc1. The molecular formula is C31H28F2N2O4. The van der Waals surface area contributed by atoms with Gasteiger partial charge in [-0.1, -0.05) is 42.5 Å². The van der Waals surface area contributed by atoms with Crippen LogP contribution in [0.1, 0.15) is 43.4 Å². The number of ether oxygens (including phenoxy) is 2. The summed E-state index contributed by atoms with van der Waals surface area (Å²) in [5, 5.41) is 6.07. The van der Waals surface area contributed by atoms with Gasteiger partial charge >= 0.3 is 5.97 Å². The Bertz CT molecular complexity index is 1390. The first-order valence-electron chi connectivity index (χ1n) is 12.9. The summed E-state index contributed by atoms with van der Waals surface area (Å²) in [6.07, 6.45) is 3.47. The van der Waals surface area contributed by atoms with Gasteiger partial charge in [-0.3, -0.25) is 4.79 Å². The van der Waals surface area contributed by atoms with E-state index in [9.17, 15) is 18.4 Å². The molecule has 3 atom stereocenters. The van der Waals surface area contributed by atoms with E-state index in [4.69, 9.17) is 14.6 Å². The average molecular weight is 531 g/mol. The normalized spacial score (nSPS) is 20.2. The standard InChI is InChI=1S/C31H28F2N2O4/c1-20(39-26-7-3-2-4-8-26)31(37)38-19-28(36)35-30(22-12-16-25(33)17-13-22)27-9-5-6-23(29(27)34-35)18-21-10-14-24(32)15-11-21/h2-4,7-8,10-18,20,27,30H,5-6,9,19H2,1H3. The van der Waals surface area contributed by atoms with E-state index < -0.39 is 30.6 Å². The van der Waals surface area contributed by atoms with Gasteiger partial charge in [-0.15, -0.1) is 0 Å². The third-order valence-electron chi connectivity index (χ3n) is 6.91. The summed E-state index contributed by atoms with van der Waals surface area (Å²) in [5.74, 6) is -1.46. The summed E-state index contributed by atoms with van der Waals surface area (Å²) in [6, 6.07) is 20.6. The fourth-order valence-corrected chi connectivity index (χ4v) is 5.03. The zero-order chi connectivity index (χ0) is 27.4. The lowest BCUT2D eigenvalue weighted by atomic mass is 9.77. The van der Waals surface area contributed by atoms with Crippen LogP contribution in [-0.4, -0.2) is 35.3 Å². The van der Waals surface area contributed by atoms with E-state index in [0.717, 1.165) is 41.7 Å². The summed E-state index contributed by atoms with van der Waals surface area (Å²) in [4.78, 5) is 25.9. The number of amides is 1. The fraction of sp³-hybridized carbons (Fsp3) is 0.258. The number of hydrazone groups is 1. The lowest BCUT2D eigenvalue weighted by Gasteiger charge is -2.29. The Morgan fingerprint density at radius 3 is 2.36 bits per heavy atom. The number of halogens is 2. The van der Waals surface area contributed by atoms with Gasteiger partial charge in [0.05, 0.1) is 11.8 Å². The molecule has 0 radical (unpaired) electrons. The minimum Gasteiger partial charge on any atom is -0.479 e. The summed E-state index contributed by atoms with van der Waals surface area (Å²) in [5.41, 5.74) is 3.30. The number of para-hydroxylation sites is 1. The number of hydrogen-bond acceptors (Lipinski definition) is 5. The minimum atomic E-state index is -0.911. The van der Waals surface area contributed by atoms with Crippen LogP contribution in [0.2, 0.25) is 0 Å². The van der Waals surface area contributed by atoms with Crippen LogP contribution in [-0.2, 0) is 14.3 Å². The Hall–Kier alpha value is -4.33. The molecule has 1 saturated carbocycles. The monoisotopic (exact) mass is 530 g/mol. The van der Waals surface area contributed by atoms with Crippen molar-refractivity contribution >= 4 is 23.7 Å². The first-order valence-corrected chi connectivity index (χ1v) is 12.9. The zero-order valence-electron chi connectivity index (χ0n) is 21.4. The van der Waals surface area contributed by atoms with Crippen LogP contribution < -0.4 is 4.74 Å². The molecule has 3 unspecified atom stereocenters. The molecule has 1 aliphatic heterocycles. The molecule has 1 aliphatic carbocycles. The second-order valence-electron chi connectivity index (χ2n) is 9.62. The third-order valence-corrected chi connectivity index (χ3v) is 6.91. The van der Waals surface area contributed by atoms with Gasteiger partial charge in [0.15, 0.2) is 12.7 Å². The van der Waals surface area contributed by atoms with Crippen molar-refractivity contribution in [2.45, 2.75) is 38.3 Å². The van der Waals surface area contributed by atoms with E-state index in [0.29, 0.717) is 5.75 Å². The summed E-state index contributed by atoms with van der Waals surface area (Å²) >= 11 is 0. The maximum Gasteiger partial charge on any atom is 0.347 e. The van der Waals surface area contributed by atoms with Crippen molar-refractivity contribution < 1.29 is 27.8 Å². The molecule has 1 amide bonds. The molecule has 0 bridgehead atoms. The van der Waals surface area contributed by atoms with Gasteiger partial charge in [-0.05, 0) is 85.4 Å². The zero-order valence-corrected chi connectivity index (χ0v) is 21.4. The maximum atomic E-state index is 13.7. The molecular weight excluding hydrogens is 502 g/mol. The molecule has 8 heteroatoms. The van der Waals surface area contributed by atoms with E-state index in [1.807, 2.05) is 12.1 Å². The van der Waals surface area contributed by atoms with Crippen molar-refractivity contribution in [3.05, 3.63) is 107 Å². The minimum absolute atomic E-state index is 0.115. The Labute approximate surface area is 225 Å². The molecule has 6 nitrogen and oxygen atoms in total. The molecule has 1 fully saturated rings. The molecule has 3 aromatic carbocycles. The fourth-order valence-electron chi connectivity index (χ4n) is 5.03. The molecule has 3 aromatic rings. The third kappa shape index (κ3) is 6.06. The van der Waals surface area contributed by atoms with Gasteiger partial charge in [0.1, 0.15) is 17.4 Å². The Morgan fingerprint density at radius 2 is 1.67 bits per heavy atom. The van der Waals surface area contributed by atoms with Crippen LogP contribution in [0.15, 0.2) is 89.5 Å². The van der Waals surface area contributed by atoms with Crippen LogP contribution in [0.25, 0.3) is 6.08 Å². The lowest BCUT2D eigenvalue weighted by Crippen LogP contribution is -2.36. The van der Waals surface area contributed by atoms with Crippen molar-refractivity contribution in [2.75, 3.05) is 6.61 Å².